The summed E-state index contributed by atoms with van der Waals surface area (Å²) in [5.74, 6) is 0.837. The van der Waals surface area contributed by atoms with E-state index in [1.807, 2.05) is 6.92 Å². The van der Waals surface area contributed by atoms with Crippen molar-refractivity contribution >= 4 is 5.91 Å². The van der Waals surface area contributed by atoms with Crippen molar-refractivity contribution in [2.75, 3.05) is 0 Å². The summed E-state index contributed by atoms with van der Waals surface area (Å²) in [5, 5.41) is 11.0. The third-order valence-corrected chi connectivity index (χ3v) is 3.85. The average Bonchev–Trinajstić information content (AvgIpc) is 2.45. The van der Waals surface area contributed by atoms with Crippen LogP contribution in [0.2, 0.25) is 0 Å². The Bertz CT molecular complexity index is 520. The summed E-state index contributed by atoms with van der Waals surface area (Å²) >= 11 is 0. The topological polar surface area (TPSA) is 87.7 Å². The molecule has 1 unspecified atom stereocenters. The van der Waals surface area contributed by atoms with Crippen LogP contribution in [0.4, 0.5) is 0 Å². The van der Waals surface area contributed by atoms with Crippen LogP contribution in [0, 0.1) is 0 Å². The monoisotopic (exact) mass is 278 g/mol. The largest absolute Gasteiger partial charge is 0.348 e. The molecule has 1 amide bonds. The number of amides is 1. The molecular formula is C14H22N4O2. The molecule has 0 bridgehead atoms. The van der Waals surface area contributed by atoms with Crippen LogP contribution in [0.25, 0.3) is 0 Å². The number of aromatic amines is 1. The molecule has 1 atom stereocenters. The van der Waals surface area contributed by atoms with Crippen molar-refractivity contribution in [1.82, 2.24) is 20.5 Å². The van der Waals surface area contributed by atoms with Gasteiger partial charge in [0.1, 0.15) is 5.82 Å². The fourth-order valence-electron chi connectivity index (χ4n) is 2.76. The van der Waals surface area contributed by atoms with Crippen molar-refractivity contribution in [3.63, 3.8) is 0 Å². The van der Waals surface area contributed by atoms with E-state index in [2.05, 4.69) is 20.5 Å². The summed E-state index contributed by atoms with van der Waals surface area (Å²) < 4.78 is 0. The molecule has 0 spiro atoms. The van der Waals surface area contributed by atoms with Crippen molar-refractivity contribution in [2.45, 2.75) is 64.3 Å². The molecule has 1 heterocycles. The lowest BCUT2D eigenvalue weighted by Crippen LogP contribution is -2.33. The highest BCUT2D eigenvalue weighted by Gasteiger charge is 2.21. The van der Waals surface area contributed by atoms with Crippen molar-refractivity contribution < 1.29 is 4.79 Å². The number of nitrogens with one attached hydrogen (secondary N) is 2. The van der Waals surface area contributed by atoms with Gasteiger partial charge < -0.3 is 10.3 Å². The van der Waals surface area contributed by atoms with Gasteiger partial charge in [0.15, 0.2) is 5.69 Å². The van der Waals surface area contributed by atoms with E-state index in [1.165, 1.54) is 26.2 Å². The molecule has 2 rings (SSSR count). The number of hydrogen-bond donors (Lipinski definition) is 2. The molecule has 1 aromatic heterocycles. The van der Waals surface area contributed by atoms with Crippen LogP contribution in [-0.4, -0.2) is 21.1 Å². The Morgan fingerprint density at radius 2 is 2.05 bits per heavy atom. The highest BCUT2D eigenvalue weighted by atomic mass is 16.1. The van der Waals surface area contributed by atoms with Crippen LogP contribution in [0.15, 0.2) is 4.79 Å². The minimum atomic E-state index is -0.371. The minimum absolute atomic E-state index is 0.172. The molecule has 6 heteroatoms. The van der Waals surface area contributed by atoms with Gasteiger partial charge in [0.2, 0.25) is 5.91 Å². The third kappa shape index (κ3) is 3.43. The maximum atomic E-state index is 12.2. The lowest BCUT2D eigenvalue weighted by atomic mass is 9.89. The first-order valence-corrected chi connectivity index (χ1v) is 7.35. The number of nitrogens with zero attached hydrogens (tertiary/aromatic N) is 2. The molecule has 1 aliphatic carbocycles. The van der Waals surface area contributed by atoms with Gasteiger partial charge in [-0.3, -0.25) is 9.59 Å². The van der Waals surface area contributed by atoms with Gasteiger partial charge in [-0.2, -0.15) is 0 Å². The Labute approximate surface area is 118 Å². The molecule has 110 valence electrons. The fourth-order valence-corrected chi connectivity index (χ4v) is 2.76. The maximum Gasteiger partial charge on any atom is 0.275 e. The lowest BCUT2D eigenvalue weighted by Gasteiger charge is -2.20. The molecule has 0 aromatic carbocycles. The molecule has 0 radical (unpaired) electrons. The summed E-state index contributed by atoms with van der Waals surface area (Å²) in [5.41, 5.74) is 0.0587. The highest BCUT2D eigenvalue weighted by molar-refractivity contribution is 5.73. The smallest absolute Gasteiger partial charge is 0.275 e. The van der Waals surface area contributed by atoms with Gasteiger partial charge in [-0.05, 0) is 19.3 Å². The molecule has 0 aliphatic heterocycles. The van der Waals surface area contributed by atoms with Gasteiger partial charge >= 0.3 is 0 Å². The number of aromatic nitrogens is 3. The quantitative estimate of drug-likeness (QED) is 0.879. The Morgan fingerprint density at radius 3 is 2.60 bits per heavy atom. The SMILES string of the molecule is CCC(NC(C)=O)c1nnc(C2CCCCC2)[nH]c1=O. The van der Waals surface area contributed by atoms with E-state index in [-0.39, 0.29) is 17.5 Å². The second-order valence-electron chi connectivity index (χ2n) is 5.42. The number of hydrogen-bond acceptors (Lipinski definition) is 4. The fraction of sp³-hybridized carbons (Fsp3) is 0.714. The number of carbonyl (C=O) groups excluding carboxylic acids is 1. The predicted octanol–water partition coefficient (Wildman–Crippen LogP) is 1.80. The van der Waals surface area contributed by atoms with Crippen LogP contribution in [0.1, 0.15) is 75.9 Å². The van der Waals surface area contributed by atoms with Crippen molar-refractivity contribution in [1.29, 1.82) is 0 Å². The van der Waals surface area contributed by atoms with Crippen LogP contribution in [0.5, 0.6) is 0 Å². The lowest BCUT2D eigenvalue weighted by molar-refractivity contribution is -0.119. The standard InChI is InChI=1S/C14H22N4O2/c1-3-11(15-9(2)19)12-14(20)16-13(18-17-12)10-7-5-4-6-8-10/h10-11H,3-8H2,1-2H3,(H,15,19)(H,16,18,20). The maximum absolute atomic E-state index is 12.2. The van der Waals surface area contributed by atoms with E-state index in [0.29, 0.717) is 23.9 Å². The first kappa shape index (κ1) is 14.7. The van der Waals surface area contributed by atoms with E-state index in [4.69, 9.17) is 0 Å². The second-order valence-corrected chi connectivity index (χ2v) is 5.42. The molecule has 2 N–H and O–H groups in total. The Balaban J connectivity index is 2.20. The molecule has 1 fully saturated rings. The zero-order valence-electron chi connectivity index (χ0n) is 12.1. The first-order chi connectivity index (χ1) is 9.61. The molecule has 0 saturated heterocycles. The van der Waals surface area contributed by atoms with E-state index in [0.717, 1.165) is 12.8 Å². The summed E-state index contributed by atoms with van der Waals surface area (Å²) in [4.78, 5) is 26.1. The van der Waals surface area contributed by atoms with Crippen molar-refractivity contribution in [2.24, 2.45) is 0 Å². The van der Waals surface area contributed by atoms with E-state index < -0.39 is 0 Å². The van der Waals surface area contributed by atoms with E-state index in [9.17, 15) is 9.59 Å². The van der Waals surface area contributed by atoms with E-state index >= 15 is 0 Å². The van der Waals surface area contributed by atoms with E-state index in [1.54, 1.807) is 0 Å². The highest BCUT2D eigenvalue weighted by Crippen LogP contribution is 2.29. The van der Waals surface area contributed by atoms with Gasteiger partial charge in [-0.25, -0.2) is 0 Å². The van der Waals surface area contributed by atoms with Crippen LogP contribution in [-0.2, 0) is 4.79 Å². The Kier molecular flexibility index (Phi) is 4.87. The second kappa shape index (κ2) is 6.63. The van der Waals surface area contributed by atoms with Crippen LogP contribution < -0.4 is 10.9 Å². The number of rotatable bonds is 4. The summed E-state index contributed by atoms with van der Waals surface area (Å²) in [6, 6.07) is -0.371. The molecule has 1 aromatic rings. The van der Waals surface area contributed by atoms with Gasteiger partial charge in [-0.1, -0.05) is 26.2 Å². The summed E-state index contributed by atoms with van der Waals surface area (Å²) in [6.07, 6.45) is 6.35. The first-order valence-electron chi connectivity index (χ1n) is 7.35. The normalized spacial score (nSPS) is 17.7. The minimum Gasteiger partial charge on any atom is -0.348 e. The number of carbonyl (C=O) groups is 1. The van der Waals surface area contributed by atoms with Crippen molar-refractivity contribution in [3.05, 3.63) is 21.9 Å². The summed E-state index contributed by atoms with van der Waals surface area (Å²) in [7, 11) is 0. The molecule has 20 heavy (non-hydrogen) atoms. The molecular weight excluding hydrogens is 256 g/mol. The Morgan fingerprint density at radius 1 is 1.35 bits per heavy atom. The molecule has 1 aliphatic rings. The number of H-pyrrole nitrogens is 1. The van der Waals surface area contributed by atoms with Gasteiger partial charge in [0.25, 0.3) is 5.56 Å². The predicted molar refractivity (Wildman–Crippen MR) is 75.3 cm³/mol. The Hall–Kier alpha value is -1.72. The molecule has 6 nitrogen and oxygen atoms in total. The zero-order chi connectivity index (χ0) is 14.5. The molecule has 1 saturated carbocycles. The van der Waals surface area contributed by atoms with Gasteiger partial charge in [0.05, 0.1) is 6.04 Å². The van der Waals surface area contributed by atoms with Crippen molar-refractivity contribution in [3.8, 4) is 0 Å². The third-order valence-electron chi connectivity index (χ3n) is 3.85. The van der Waals surface area contributed by atoms with Gasteiger partial charge in [-0.15, -0.1) is 10.2 Å². The zero-order valence-corrected chi connectivity index (χ0v) is 12.1. The average molecular weight is 278 g/mol. The summed E-state index contributed by atoms with van der Waals surface area (Å²) in [6.45, 7) is 3.33. The van der Waals surface area contributed by atoms with Crippen LogP contribution in [0.3, 0.4) is 0 Å². The van der Waals surface area contributed by atoms with Gasteiger partial charge in [0, 0.05) is 12.8 Å². The van der Waals surface area contributed by atoms with Crippen LogP contribution >= 0.6 is 0 Å².